The number of aryl methyl sites for hydroxylation is 2. The van der Waals surface area contributed by atoms with Crippen LogP contribution in [0.15, 0.2) is 28.9 Å². The summed E-state index contributed by atoms with van der Waals surface area (Å²) in [6, 6.07) is 7.29. The van der Waals surface area contributed by atoms with E-state index in [9.17, 15) is 4.79 Å². The minimum Gasteiger partial charge on any atom is -0.309 e. The lowest BCUT2D eigenvalue weighted by Gasteiger charge is -2.06. The molecule has 1 amide bonds. The van der Waals surface area contributed by atoms with Crippen molar-refractivity contribution in [2.24, 2.45) is 0 Å². The van der Waals surface area contributed by atoms with E-state index in [4.69, 9.17) is 0 Å². The highest BCUT2D eigenvalue weighted by Crippen LogP contribution is 2.10. The van der Waals surface area contributed by atoms with Crippen LogP contribution in [-0.2, 0) is 11.3 Å². The molecule has 1 N–H and O–H groups in total. The molecule has 0 aliphatic carbocycles. The standard InChI is InChI=1S/C12H13BrN4O/c1-8-6-9(2)17(16-8)7-12(18)15-11-5-3-4-10(13)14-11/h3-6H,7H2,1-2H3,(H,14,15,18). The largest absolute Gasteiger partial charge is 0.309 e. The maximum Gasteiger partial charge on any atom is 0.247 e. The summed E-state index contributed by atoms with van der Waals surface area (Å²) in [6.45, 7) is 4.01. The summed E-state index contributed by atoms with van der Waals surface area (Å²) < 4.78 is 2.36. The fourth-order valence-electron chi connectivity index (χ4n) is 1.63. The summed E-state index contributed by atoms with van der Waals surface area (Å²) in [5, 5.41) is 6.96. The maximum absolute atomic E-state index is 11.8. The van der Waals surface area contributed by atoms with Gasteiger partial charge in [0.15, 0.2) is 0 Å². The van der Waals surface area contributed by atoms with Crippen molar-refractivity contribution >= 4 is 27.7 Å². The summed E-state index contributed by atoms with van der Waals surface area (Å²) in [7, 11) is 0. The SMILES string of the molecule is Cc1cc(C)n(CC(=O)Nc2cccc(Br)n2)n1. The molecule has 2 aromatic heterocycles. The van der Waals surface area contributed by atoms with Gasteiger partial charge >= 0.3 is 0 Å². The molecule has 0 aliphatic heterocycles. The predicted octanol–water partition coefficient (Wildman–Crippen LogP) is 2.30. The Morgan fingerprint density at radius 3 is 2.83 bits per heavy atom. The number of anilines is 1. The molecule has 0 aromatic carbocycles. The second-order valence-corrected chi connectivity index (χ2v) is 4.79. The average molecular weight is 309 g/mol. The highest BCUT2D eigenvalue weighted by Gasteiger charge is 2.08. The van der Waals surface area contributed by atoms with Gasteiger partial charge in [-0.25, -0.2) is 4.98 Å². The Bertz CT molecular complexity index is 579. The van der Waals surface area contributed by atoms with E-state index >= 15 is 0 Å². The lowest BCUT2D eigenvalue weighted by Crippen LogP contribution is -2.20. The molecule has 18 heavy (non-hydrogen) atoms. The molecule has 2 aromatic rings. The molecular formula is C12H13BrN4O. The van der Waals surface area contributed by atoms with Crippen molar-refractivity contribution in [1.82, 2.24) is 14.8 Å². The number of hydrogen-bond acceptors (Lipinski definition) is 3. The first-order chi connectivity index (χ1) is 8.54. The summed E-state index contributed by atoms with van der Waals surface area (Å²) in [5.41, 5.74) is 1.87. The maximum atomic E-state index is 11.8. The lowest BCUT2D eigenvalue weighted by atomic mass is 10.4. The number of nitrogens with one attached hydrogen (secondary N) is 1. The summed E-state index contributed by atoms with van der Waals surface area (Å²) in [6.07, 6.45) is 0. The van der Waals surface area contributed by atoms with E-state index in [0.29, 0.717) is 10.4 Å². The zero-order chi connectivity index (χ0) is 13.1. The van der Waals surface area contributed by atoms with Crippen molar-refractivity contribution < 1.29 is 4.79 Å². The van der Waals surface area contributed by atoms with Crippen LogP contribution in [0.5, 0.6) is 0 Å². The minimum atomic E-state index is -0.146. The number of carbonyl (C=O) groups excluding carboxylic acids is 1. The van der Waals surface area contributed by atoms with E-state index in [1.165, 1.54) is 0 Å². The van der Waals surface area contributed by atoms with Crippen molar-refractivity contribution in [2.75, 3.05) is 5.32 Å². The van der Waals surface area contributed by atoms with Crippen molar-refractivity contribution in [2.45, 2.75) is 20.4 Å². The van der Waals surface area contributed by atoms with E-state index in [1.54, 1.807) is 16.8 Å². The number of carbonyl (C=O) groups is 1. The number of pyridine rings is 1. The molecular weight excluding hydrogens is 296 g/mol. The number of halogens is 1. The minimum absolute atomic E-state index is 0.146. The van der Waals surface area contributed by atoms with Gasteiger partial charge in [0.25, 0.3) is 0 Å². The molecule has 0 aliphatic rings. The first-order valence-electron chi connectivity index (χ1n) is 5.48. The monoisotopic (exact) mass is 308 g/mol. The Labute approximate surface area is 113 Å². The van der Waals surface area contributed by atoms with Gasteiger partial charge in [-0.2, -0.15) is 5.10 Å². The number of amides is 1. The first kappa shape index (κ1) is 12.8. The number of nitrogens with zero attached hydrogens (tertiary/aromatic N) is 3. The number of rotatable bonds is 3. The lowest BCUT2D eigenvalue weighted by molar-refractivity contribution is -0.117. The molecule has 0 unspecified atom stereocenters. The van der Waals surface area contributed by atoms with E-state index in [-0.39, 0.29) is 12.5 Å². The van der Waals surface area contributed by atoms with Gasteiger partial charge in [-0.3, -0.25) is 9.48 Å². The highest BCUT2D eigenvalue weighted by molar-refractivity contribution is 9.10. The van der Waals surface area contributed by atoms with Crippen molar-refractivity contribution in [3.63, 3.8) is 0 Å². The Balaban J connectivity index is 2.03. The molecule has 0 bridgehead atoms. The average Bonchev–Trinajstić information content (AvgIpc) is 2.57. The van der Waals surface area contributed by atoms with Gasteiger partial charge in [-0.05, 0) is 48.0 Å². The Morgan fingerprint density at radius 2 is 2.22 bits per heavy atom. The molecule has 0 saturated carbocycles. The molecule has 0 radical (unpaired) electrons. The quantitative estimate of drug-likeness (QED) is 0.885. The van der Waals surface area contributed by atoms with Gasteiger partial charge in [0, 0.05) is 5.69 Å². The zero-order valence-electron chi connectivity index (χ0n) is 10.1. The van der Waals surface area contributed by atoms with E-state index in [0.717, 1.165) is 11.4 Å². The number of hydrogen-bond donors (Lipinski definition) is 1. The molecule has 94 valence electrons. The third kappa shape index (κ3) is 3.16. The third-order valence-corrected chi connectivity index (χ3v) is 2.82. The summed E-state index contributed by atoms with van der Waals surface area (Å²) >= 11 is 3.25. The van der Waals surface area contributed by atoms with E-state index in [1.807, 2.05) is 26.0 Å². The molecule has 5 nitrogen and oxygen atoms in total. The van der Waals surface area contributed by atoms with Crippen LogP contribution in [0, 0.1) is 13.8 Å². The van der Waals surface area contributed by atoms with Crippen LogP contribution in [0.4, 0.5) is 5.82 Å². The van der Waals surface area contributed by atoms with E-state index < -0.39 is 0 Å². The van der Waals surface area contributed by atoms with Crippen LogP contribution in [0.25, 0.3) is 0 Å². The molecule has 2 rings (SSSR count). The van der Waals surface area contributed by atoms with Crippen molar-refractivity contribution in [1.29, 1.82) is 0 Å². The van der Waals surface area contributed by atoms with Crippen LogP contribution in [-0.4, -0.2) is 20.7 Å². The Kier molecular flexibility index (Phi) is 3.76. The Hall–Kier alpha value is -1.69. The highest BCUT2D eigenvalue weighted by atomic mass is 79.9. The van der Waals surface area contributed by atoms with Crippen LogP contribution in [0.1, 0.15) is 11.4 Å². The van der Waals surface area contributed by atoms with Crippen molar-refractivity contribution in [3.8, 4) is 0 Å². The first-order valence-corrected chi connectivity index (χ1v) is 6.27. The fraction of sp³-hybridized carbons (Fsp3) is 0.250. The number of aromatic nitrogens is 3. The second kappa shape index (κ2) is 5.30. The van der Waals surface area contributed by atoms with Crippen molar-refractivity contribution in [3.05, 3.63) is 40.3 Å². The van der Waals surface area contributed by atoms with Crippen LogP contribution in [0.2, 0.25) is 0 Å². The van der Waals surface area contributed by atoms with Gasteiger partial charge < -0.3 is 5.32 Å². The predicted molar refractivity (Wildman–Crippen MR) is 72.3 cm³/mol. The normalized spacial score (nSPS) is 10.4. The third-order valence-electron chi connectivity index (χ3n) is 2.38. The van der Waals surface area contributed by atoms with Gasteiger partial charge in [0.2, 0.25) is 5.91 Å². The van der Waals surface area contributed by atoms with Crippen LogP contribution in [0.3, 0.4) is 0 Å². The zero-order valence-corrected chi connectivity index (χ0v) is 11.7. The molecule has 2 heterocycles. The summed E-state index contributed by atoms with van der Waals surface area (Å²) in [5.74, 6) is 0.378. The van der Waals surface area contributed by atoms with Crippen LogP contribution < -0.4 is 5.32 Å². The Morgan fingerprint density at radius 1 is 1.44 bits per heavy atom. The van der Waals surface area contributed by atoms with Crippen LogP contribution >= 0.6 is 15.9 Å². The molecule has 0 fully saturated rings. The van der Waals surface area contributed by atoms with Gasteiger partial charge in [0.05, 0.1) is 5.69 Å². The molecule has 0 saturated heterocycles. The summed E-state index contributed by atoms with van der Waals surface area (Å²) in [4.78, 5) is 16.0. The van der Waals surface area contributed by atoms with E-state index in [2.05, 4.69) is 31.3 Å². The van der Waals surface area contributed by atoms with Gasteiger partial charge in [0.1, 0.15) is 17.0 Å². The smallest absolute Gasteiger partial charge is 0.247 e. The fourth-order valence-corrected chi connectivity index (χ4v) is 1.97. The molecule has 0 spiro atoms. The van der Waals surface area contributed by atoms with Gasteiger partial charge in [-0.1, -0.05) is 6.07 Å². The molecule has 0 atom stereocenters. The van der Waals surface area contributed by atoms with Gasteiger partial charge in [-0.15, -0.1) is 0 Å². The second-order valence-electron chi connectivity index (χ2n) is 3.98. The molecule has 6 heteroatoms. The topological polar surface area (TPSA) is 59.8 Å².